The first-order valence-electron chi connectivity index (χ1n) is 15.8. The summed E-state index contributed by atoms with van der Waals surface area (Å²) in [6, 6.07) is 29.9. The average molecular weight is 851 g/mol. The topological polar surface area (TPSA) is 18.5 Å². The number of aryl methyl sites for hydroxylation is 4. The molecule has 258 valence electrons. The molecule has 0 radical (unpaired) electrons. The van der Waals surface area contributed by atoms with Crippen LogP contribution >= 0.6 is 62.9 Å². The molecule has 1 N–H and O–H groups in total. The van der Waals surface area contributed by atoms with Gasteiger partial charge >= 0.3 is 0 Å². The minimum Gasteiger partial charge on any atom is -0.371 e. The Bertz CT molecular complexity index is 1430. The maximum absolute atomic E-state index is 4.25. The highest BCUT2D eigenvalue weighted by Gasteiger charge is 2.15. The van der Waals surface area contributed by atoms with Crippen molar-refractivity contribution in [2.45, 2.75) is 76.5 Å². The van der Waals surface area contributed by atoms with Crippen molar-refractivity contribution >= 4 is 68.6 Å². The molecule has 0 amide bonds. The monoisotopic (exact) mass is 849 g/mol. The van der Waals surface area contributed by atoms with Crippen LogP contribution in [0.3, 0.4) is 0 Å². The van der Waals surface area contributed by atoms with E-state index in [1.165, 1.54) is 91.2 Å². The van der Waals surface area contributed by atoms with E-state index in [4.69, 9.17) is 0 Å². The zero-order valence-electron chi connectivity index (χ0n) is 27.5. The van der Waals surface area contributed by atoms with Crippen molar-refractivity contribution in [3.05, 3.63) is 115 Å². The van der Waals surface area contributed by atoms with Crippen LogP contribution in [0.4, 0.5) is 5.69 Å². The molecule has 2 aliphatic rings. The Morgan fingerprint density at radius 2 is 1.28 bits per heavy atom. The van der Waals surface area contributed by atoms with Gasteiger partial charge in [-0.25, -0.2) is 0 Å². The van der Waals surface area contributed by atoms with Gasteiger partial charge in [-0.2, -0.15) is 0 Å². The minimum atomic E-state index is 0. The number of piperazine rings is 1. The first-order chi connectivity index (χ1) is 21.6. The summed E-state index contributed by atoms with van der Waals surface area (Å²) in [5.74, 6) is 0. The van der Waals surface area contributed by atoms with Gasteiger partial charge in [0.05, 0.1) is 5.69 Å². The second kappa shape index (κ2) is 23.8. The fourth-order valence-electron chi connectivity index (χ4n) is 4.99. The van der Waals surface area contributed by atoms with Crippen molar-refractivity contribution in [3.63, 3.8) is 0 Å². The van der Waals surface area contributed by atoms with Crippen molar-refractivity contribution in [2.75, 3.05) is 51.2 Å². The van der Waals surface area contributed by atoms with Gasteiger partial charge in [0, 0.05) is 62.0 Å². The molecule has 6 rings (SSSR count). The quantitative estimate of drug-likeness (QED) is 0.158. The number of hydrogen-bond acceptors (Lipinski definition) is 5. The molecule has 4 aromatic carbocycles. The molecule has 47 heavy (non-hydrogen) atoms. The summed E-state index contributed by atoms with van der Waals surface area (Å²) >= 11 is 11.8. The number of nitrogens with one attached hydrogen (secondary N) is 1. The van der Waals surface area contributed by atoms with Crippen LogP contribution in [0, 0.1) is 31.3 Å². The molecular formula is C40H57BrIN3S2. The van der Waals surface area contributed by atoms with Gasteiger partial charge in [0.1, 0.15) is 0 Å². The van der Waals surface area contributed by atoms with Gasteiger partial charge in [0.25, 0.3) is 0 Å². The summed E-state index contributed by atoms with van der Waals surface area (Å²) in [6.45, 7) is 15.7. The van der Waals surface area contributed by atoms with Crippen LogP contribution in [0.15, 0.2) is 104 Å². The van der Waals surface area contributed by atoms with E-state index in [-0.39, 0.29) is 14.9 Å². The summed E-state index contributed by atoms with van der Waals surface area (Å²) in [4.78, 5) is 8.70. The predicted molar refractivity (Wildman–Crippen MR) is 226 cm³/mol. The van der Waals surface area contributed by atoms with Gasteiger partial charge in [-0.05, 0) is 140 Å². The van der Waals surface area contributed by atoms with E-state index < -0.39 is 0 Å². The van der Waals surface area contributed by atoms with Gasteiger partial charge in [0.2, 0.25) is 0 Å². The van der Waals surface area contributed by atoms with Crippen LogP contribution in [0.2, 0.25) is 0 Å². The number of nitrogens with zero attached hydrogens (tertiary/aromatic N) is 2. The SMILES string of the molecule is Brc1ccccc1I.C.C.CN1CCNCC1.Cc1ccc(S)c(C)c1.Cc1ccc(Sc2ccccc2N2CCCCC2)c(C)c1. The van der Waals surface area contributed by atoms with Gasteiger partial charge in [-0.15, -0.1) is 12.6 Å². The van der Waals surface area contributed by atoms with Crippen LogP contribution in [-0.2, 0) is 0 Å². The lowest BCUT2D eigenvalue weighted by Gasteiger charge is -2.30. The highest BCUT2D eigenvalue weighted by atomic mass is 127. The molecule has 2 aliphatic heterocycles. The summed E-state index contributed by atoms with van der Waals surface area (Å²) in [5, 5.41) is 3.27. The molecule has 7 heteroatoms. The third-order valence-electron chi connectivity index (χ3n) is 7.63. The van der Waals surface area contributed by atoms with Crippen molar-refractivity contribution < 1.29 is 0 Å². The van der Waals surface area contributed by atoms with Crippen molar-refractivity contribution in [1.29, 1.82) is 0 Å². The molecule has 2 saturated heterocycles. The van der Waals surface area contributed by atoms with E-state index in [2.05, 4.69) is 162 Å². The van der Waals surface area contributed by atoms with E-state index in [9.17, 15) is 0 Å². The lowest BCUT2D eigenvalue weighted by Crippen LogP contribution is -2.40. The summed E-state index contributed by atoms with van der Waals surface area (Å²) in [7, 11) is 2.15. The smallest absolute Gasteiger partial charge is 0.0508 e. The third-order valence-corrected chi connectivity index (χ3v) is 11.7. The molecule has 0 bridgehead atoms. The zero-order valence-corrected chi connectivity index (χ0v) is 32.9. The molecule has 4 aromatic rings. The summed E-state index contributed by atoms with van der Waals surface area (Å²) < 4.78 is 2.42. The molecule has 0 atom stereocenters. The summed E-state index contributed by atoms with van der Waals surface area (Å²) in [6.07, 6.45) is 4.02. The molecule has 0 aromatic heterocycles. The maximum atomic E-state index is 4.25. The molecule has 0 saturated carbocycles. The normalized spacial score (nSPS) is 14.0. The van der Waals surface area contributed by atoms with Gasteiger partial charge in [0.15, 0.2) is 0 Å². The highest BCUT2D eigenvalue weighted by molar-refractivity contribution is 14.1. The van der Waals surface area contributed by atoms with Crippen molar-refractivity contribution in [2.24, 2.45) is 0 Å². The Morgan fingerprint density at radius 1 is 0.702 bits per heavy atom. The Labute approximate surface area is 319 Å². The number of rotatable bonds is 3. The predicted octanol–water partition coefficient (Wildman–Crippen LogP) is 11.9. The lowest BCUT2D eigenvalue weighted by atomic mass is 10.1. The van der Waals surface area contributed by atoms with Crippen LogP contribution < -0.4 is 10.2 Å². The van der Waals surface area contributed by atoms with Crippen LogP contribution in [-0.4, -0.2) is 51.2 Å². The lowest BCUT2D eigenvalue weighted by molar-refractivity contribution is 0.291. The third kappa shape index (κ3) is 16.2. The zero-order chi connectivity index (χ0) is 32.6. The van der Waals surface area contributed by atoms with Gasteiger partial charge in [-0.1, -0.05) is 86.3 Å². The van der Waals surface area contributed by atoms with Gasteiger partial charge < -0.3 is 15.1 Å². The Kier molecular flexibility index (Phi) is 22.0. The number of para-hydroxylation sites is 1. The first-order valence-corrected chi connectivity index (χ1v) is 18.9. The number of hydrogen-bond donors (Lipinski definition) is 2. The second-order valence-corrected chi connectivity index (χ2v) is 15.2. The highest BCUT2D eigenvalue weighted by Crippen LogP contribution is 2.37. The Hall–Kier alpha value is -1.49. The Balaban J connectivity index is 0.000000353. The molecule has 2 fully saturated rings. The molecule has 0 spiro atoms. The average Bonchev–Trinajstić information content (AvgIpc) is 3.04. The largest absolute Gasteiger partial charge is 0.371 e. The van der Waals surface area contributed by atoms with E-state index in [1.807, 2.05) is 36.0 Å². The van der Waals surface area contributed by atoms with Gasteiger partial charge in [-0.3, -0.25) is 0 Å². The van der Waals surface area contributed by atoms with E-state index in [0.29, 0.717) is 0 Å². The van der Waals surface area contributed by atoms with E-state index >= 15 is 0 Å². The molecular weight excluding hydrogens is 793 g/mol. The minimum absolute atomic E-state index is 0. The first kappa shape index (κ1) is 43.5. The van der Waals surface area contributed by atoms with Crippen molar-refractivity contribution in [3.8, 4) is 0 Å². The van der Waals surface area contributed by atoms with Crippen molar-refractivity contribution in [1.82, 2.24) is 10.2 Å². The molecule has 0 unspecified atom stereocenters. The van der Waals surface area contributed by atoms with E-state index in [1.54, 1.807) is 0 Å². The number of halogens is 2. The van der Waals surface area contributed by atoms with Crippen LogP contribution in [0.1, 0.15) is 56.4 Å². The number of likely N-dealkylation sites (N-methyl/N-ethyl adjacent to an activating group) is 1. The fourth-order valence-corrected chi connectivity index (χ4v) is 6.85. The number of piperidine rings is 1. The molecule has 3 nitrogen and oxygen atoms in total. The number of anilines is 1. The fraction of sp³-hybridized carbons (Fsp3) is 0.400. The maximum Gasteiger partial charge on any atom is 0.0508 e. The number of benzene rings is 4. The molecule has 0 aliphatic carbocycles. The van der Waals surface area contributed by atoms with E-state index in [0.717, 1.165) is 18.0 Å². The van der Waals surface area contributed by atoms with Crippen LogP contribution in [0.25, 0.3) is 0 Å². The second-order valence-electron chi connectivity index (χ2n) is 11.6. The standard InChI is InChI=1S/C19H23NS.C8H10S.C6H4BrI.C5H12N2.2CH4/c1-15-10-11-18(16(2)14-15)21-19-9-5-4-8-17(19)20-12-6-3-7-13-20;1-6-3-4-8(9)7(2)5-6;7-5-3-1-2-4-6(5)8;1-7-4-2-6-3-5-7;;/h4-5,8-11,14H,3,6-7,12-13H2,1-2H3;3-5,9H,1-2H3;1-4H;6H,2-5H2,1H3;2*1H4. The molecule has 2 heterocycles. The Morgan fingerprint density at radius 3 is 1.79 bits per heavy atom. The van der Waals surface area contributed by atoms with Crippen LogP contribution in [0.5, 0.6) is 0 Å². The number of thiol groups is 1. The summed E-state index contributed by atoms with van der Waals surface area (Å²) in [5.41, 5.74) is 6.65.